The number of ether oxygens (including phenoxy) is 2. The first-order valence-electron chi connectivity index (χ1n) is 6.76. The summed E-state index contributed by atoms with van der Waals surface area (Å²) in [5.41, 5.74) is 0.886. The third kappa shape index (κ3) is 2.86. The summed E-state index contributed by atoms with van der Waals surface area (Å²) in [5.74, 6) is 1.44. The maximum absolute atomic E-state index is 11.9. The number of amides is 1. The van der Waals surface area contributed by atoms with Crippen LogP contribution >= 0.6 is 0 Å². The number of hydrogen-bond donors (Lipinski definition) is 3. The zero-order valence-corrected chi connectivity index (χ0v) is 11.1. The number of rotatable bonds is 4. The number of aliphatic hydroxyl groups excluding tert-OH is 1. The third-order valence-electron chi connectivity index (χ3n) is 3.67. The van der Waals surface area contributed by atoms with Crippen LogP contribution in [0.5, 0.6) is 11.5 Å². The number of carbonyl (C=O) groups excluding carboxylic acids is 1. The van der Waals surface area contributed by atoms with E-state index >= 15 is 0 Å². The van der Waals surface area contributed by atoms with Crippen LogP contribution in [0.1, 0.15) is 5.56 Å². The molecular weight excluding hydrogens is 260 g/mol. The van der Waals surface area contributed by atoms with Crippen LogP contribution < -0.4 is 20.1 Å². The van der Waals surface area contributed by atoms with Gasteiger partial charge >= 0.3 is 0 Å². The van der Waals surface area contributed by atoms with Gasteiger partial charge in [0.25, 0.3) is 0 Å². The Labute approximate surface area is 117 Å². The van der Waals surface area contributed by atoms with E-state index in [0.717, 1.165) is 12.1 Å². The number of benzene rings is 1. The van der Waals surface area contributed by atoms with E-state index in [-0.39, 0.29) is 24.7 Å². The minimum Gasteiger partial charge on any atom is -0.454 e. The monoisotopic (exact) mass is 278 g/mol. The highest BCUT2D eigenvalue weighted by Crippen LogP contribution is 2.32. The van der Waals surface area contributed by atoms with Gasteiger partial charge in [0.05, 0.1) is 12.5 Å². The molecule has 1 fully saturated rings. The lowest BCUT2D eigenvalue weighted by Crippen LogP contribution is -2.35. The molecular formula is C14H18N2O4. The van der Waals surface area contributed by atoms with Gasteiger partial charge in [-0.3, -0.25) is 4.79 Å². The number of nitrogens with one attached hydrogen (secondary N) is 2. The fourth-order valence-corrected chi connectivity index (χ4v) is 2.47. The van der Waals surface area contributed by atoms with E-state index in [2.05, 4.69) is 10.6 Å². The predicted molar refractivity (Wildman–Crippen MR) is 71.6 cm³/mol. The molecule has 0 saturated carbocycles. The predicted octanol–water partition coefficient (Wildman–Crippen LogP) is -0.346. The Morgan fingerprint density at radius 1 is 1.35 bits per heavy atom. The van der Waals surface area contributed by atoms with Crippen LogP contribution in [0.4, 0.5) is 0 Å². The van der Waals surface area contributed by atoms with Crippen LogP contribution in [-0.4, -0.2) is 43.5 Å². The second-order valence-corrected chi connectivity index (χ2v) is 5.15. The molecule has 1 amide bonds. The standard InChI is InChI=1S/C14H18N2O4/c17-11-7-15-5-10(11)6-16-14(18)4-9-1-2-12-13(3-9)20-8-19-12/h1-3,10-11,15,17H,4-8H2,(H,16,18). The second kappa shape index (κ2) is 5.68. The topological polar surface area (TPSA) is 79.8 Å². The molecule has 2 aliphatic heterocycles. The van der Waals surface area contributed by atoms with Crippen molar-refractivity contribution in [2.45, 2.75) is 12.5 Å². The molecule has 2 heterocycles. The summed E-state index contributed by atoms with van der Waals surface area (Å²) in [5, 5.41) is 15.6. The van der Waals surface area contributed by atoms with Crippen molar-refractivity contribution in [3.8, 4) is 11.5 Å². The Morgan fingerprint density at radius 3 is 3.00 bits per heavy atom. The second-order valence-electron chi connectivity index (χ2n) is 5.15. The Hall–Kier alpha value is -1.79. The van der Waals surface area contributed by atoms with E-state index in [4.69, 9.17) is 9.47 Å². The van der Waals surface area contributed by atoms with Crippen LogP contribution in [0, 0.1) is 5.92 Å². The van der Waals surface area contributed by atoms with Crippen molar-refractivity contribution in [2.24, 2.45) is 5.92 Å². The summed E-state index contributed by atoms with van der Waals surface area (Å²) < 4.78 is 10.5. The minimum absolute atomic E-state index is 0.0528. The quantitative estimate of drug-likeness (QED) is 0.702. The van der Waals surface area contributed by atoms with Crippen molar-refractivity contribution < 1.29 is 19.4 Å². The molecule has 6 nitrogen and oxygen atoms in total. The SMILES string of the molecule is O=C(Cc1ccc2c(c1)OCO2)NCC1CNCC1O. The fourth-order valence-electron chi connectivity index (χ4n) is 2.47. The van der Waals surface area contributed by atoms with Gasteiger partial charge in [0.1, 0.15) is 0 Å². The molecule has 1 aromatic carbocycles. The van der Waals surface area contributed by atoms with Crippen LogP contribution in [0.3, 0.4) is 0 Å². The molecule has 3 N–H and O–H groups in total. The number of aliphatic hydroxyl groups is 1. The molecule has 1 saturated heterocycles. The Bertz CT molecular complexity index is 506. The highest BCUT2D eigenvalue weighted by Gasteiger charge is 2.25. The van der Waals surface area contributed by atoms with Gasteiger partial charge in [-0.1, -0.05) is 6.07 Å². The van der Waals surface area contributed by atoms with Gasteiger partial charge in [-0.25, -0.2) is 0 Å². The van der Waals surface area contributed by atoms with Crippen molar-refractivity contribution >= 4 is 5.91 Å². The lowest BCUT2D eigenvalue weighted by Gasteiger charge is -2.14. The molecule has 108 valence electrons. The van der Waals surface area contributed by atoms with Gasteiger partial charge < -0.3 is 25.2 Å². The van der Waals surface area contributed by atoms with Gasteiger partial charge in [0, 0.05) is 25.6 Å². The number of fused-ring (bicyclic) bond motifs is 1. The Balaban J connectivity index is 1.51. The molecule has 3 rings (SSSR count). The van der Waals surface area contributed by atoms with Crippen molar-refractivity contribution in [3.05, 3.63) is 23.8 Å². The summed E-state index contributed by atoms with van der Waals surface area (Å²) in [7, 11) is 0. The fraction of sp³-hybridized carbons (Fsp3) is 0.500. The molecule has 0 radical (unpaired) electrons. The zero-order valence-electron chi connectivity index (χ0n) is 11.1. The smallest absolute Gasteiger partial charge is 0.231 e. The number of carbonyl (C=O) groups is 1. The molecule has 0 aromatic heterocycles. The summed E-state index contributed by atoms with van der Waals surface area (Å²) in [6, 6.07) is 5.50. The Kier molecular flexibility index (Phi) is 3.75. The summed E-state index contributed by atoms with van der Waals surface area (Å²) >= 11 is 0. The Morgan fingerprint density at radius 2 is 2.20 bits per heavy atom. The first kappa shape index (κ1) is 13.2. The van der Waals surface area contributed by atoms with E-state index in [1.54, 1.807) is 0 Å². The van der Waals surface area contributed by atoms with E-state index in [0.29, 0.717) is 31.0 Å². The van der Waals surface area contributed by atoms with Crippen molar-refractivity contribution in [2.75, 3.05) is 26.4 Å². The average molecular weight is 278 g/mol. The van der Waals surface area contributed by atoms with Crippen molar-refractivity contribution in [1.29, 1.82) is 0 Å². The zero-order chi connectivity index (χ0) is 13.9. The molecule has 2 unspecified atom stereocenters. The van der Waals surface area contributed by atoms with Gasteiger partial charge in [-0.15, -0.1) is 0 Å². The van der Waals surface area contributed by atoms with E-state index in [9.17, 15) is 9.90 Å². The molecule has 0 spiro atoms. The average Bonchev–Trinajstić information content (AvgIpc) is 3.04. The van der Waals surface area contributed by atoms with Crippen molar-refractivity contribution in [3.63, 3.8) is 0 Å². The van der Waals surface area contributed by atoms with E-state index in [1.165, 1.54) is 0 Å². The van der Waals surface area contributed by atoms with Gasteiger partial charge in [0.15, 0.2) is 11.5 Å². The van der Waals surface area contributed by atoms with Gasteiger partial charge in [-0.2, -0.15) is 0 Å². The third-order valence-corrected chi connectivity index (χ3v) is 3.67. The maximum Gasteiger partial charge on any atom is 0.231 e. The van der Waals surface area contributed by atoms with Crippen LogP contribution in [0.2, 0.25) is 0 Å². The molecule has 6 heteroatoms. The largest absolute Gasteiger partial charge is 0.454 e. The minimum atomic E-state index is -0.374. The van der Waals surface area contributed by atoms with Crippen LogP contribution in [-0.2, 0) is 11.2 Å². The molecule has 2 atom stereocenters. The normalized spacial score (nSPS) is 23.9. The summed E-state index contributed by atoms with van der Waals surface area (Å²) in [4.78, 5) is 11.9. The van der Waals surface area contributed by atoms with E-state index < -0.39 is 0 Å². The molecule has 0 bridgehead atoms. The van der Waals surface area contributed by atoms with Crippen LogP contribution in [0.15, 0.2) is 18.2 Å². The summed E-state index contributed by atoms with van der Waals surface area (Å²) in [6.07, 6.45) is -0.0757. The maximum atomic E-state index is 11.9. The lowest BCUT2D eigenvalue weighted by atomic mass is 10.1. The van der Waals surface area contributed by atoms with Gasteiger partial charge in [-0.05, 0) is 17.7 Å². The summed E-state index contributed by atoms with van der Waals surface area (Å²) in [6.45, 7) is 2.07. The first-order valence-corrected chi connectivity index (χ1v) is 6.76. The lowest BCUT2D eigenvalue weighted by molar-refractivity contribution is -0.120. The van der Waals surface area contributed by atoms with Crippen LogP contribution in [0.25, 0.3) is 0 Å². The van der Waals surface area contributed by atoms with E-state index in [1.807, 2.05) is 18.2 Å². The highest BCUT2D eigenvalue weighted by molar-refractivity contribution is 5.78. The molecule has 20 heavy (non-hydrogen) atoms. The molecule has 1 aromatic rings. The number of β-amino-alcohol motifs (C(OH)–C–C–N with tert-alkyl or cyclic N) is 1. The first-order chi connectivity index (χ1) is 9.72. The molecule has 2 aliphatic rings. The van der Waals surface area contributed by atoms with Crippen molar-refractivity contribution in [1.82, 2.24) is 10.6 Å². The molecule has 0 aliphatic carbocycles. The van der Waals surface area contributed by atoms with Gasteiger partial charge in [0.2, 0.25) is 12.7 Å². The number of hydrogen-bond acceptors (Lipinski definition) is 5. The highest BCUT2D eigenvalue weighted by atomic mass is 16.7.